The van der Waals surface area contributed by atoms with Crippen molar-refractivity contribution in [2.24, 2.45) is 0 Å². The largest absolute Gasteiger partial charge is 0.383 e. The van der Waals surface area contributed by atoms with Crippen molar-refractivity contribution in [2.75, 3.05) is 53.0 Å². The van der Waals surface area contributed by atoms with Gasteiger partial charge in [-0.3, -0.25) is 14.5 Å². The molecule has 0 saturated carbocycles. The fraction of sp³-hybridized carbons (Fsp3) is 0.320. The summed E-state index contributed by atoms with van der Waals surface area (Å²) in [5, 5.41) is 3.70. The number of nitrogens with one attached hydrogen (secondary N) is 1. The van der Waals surface area contributed by atoms with Gasteiger partial charge >= 0.3 is 0 Å². The predicted molar refractivity (Wildman–Crippen MR) is 124 cm³/mol. The molecule has 1 aliphatic heterocycles. The minimum Gasteiger partial charge on any atom is -0.383 e. The second-order valence-electron chi connectivity index (χ2n) is 7.85. The van der Waals surface area contributed by atoms with Crippen molar-refractivity contribution in [3.05, 3.63) is 66.2 Å². The van der Waals surface area contributed by atoms with Crippen molar-refractivity contribution < 1.29 is 14.3 Å². The number of methoxy groups -OCH3 is 1. The first kappa shape index (κ1) is 21.9. The average molecular weight is 433 g/mol. The SMILES string of the molecule is COCCNC(=O)CN1CCN(C(=O)c2cc(-c3ccccc3)nc3ccccc23)CC1. The van der Waals surface area contributed by atoms with Gasteiger partial charge in [-0.1, -0.05) is 48.5 Å². The Bertz CT molecular complexity index is 1080. The second-order valence-corrected chi connectivity index (χ2v) is 7.85. The molecule has 4 rings (SSSR count). The van der Waals surface area contributed by atoms with Crippen LogP contribution in [0.1, 0.15) is 10.4 Å². The number of benzene rings is 2. The summed E-state index contributed by atoms with van der Waals surface area (Å²) in [6.07, 6.45) is 0. The predicted octanol–water partition coefficient (Wildman–Crippen LogP) is 2.42. The monoisotopic (exact) mass is 432 g/mol. The zero-order valence-corrected chi connectivity index (χ0v) is 18.3. The molecular formula is C25H28N4O3. The second kappa shape index (κ2) is 10.3. The zero-order chi connectivity index (χ0) is 22.3. The number of nitrogens with zero attached hydrogens (tertiary/aromatic N) is 3. The van der Waals surface area contributed by atoms with Crippen LogP contribution >= 0.6 is 0 Å². The van der Waals surface area contributed by atoms with Crippen molar-refractivity contribution >= 4 is 22.7 Å². The van der Waals surface area contributed by atoms with Gasteiger partial charge in [0.2, 0.25) is 5.91 Å². The summed E-state index contributed by atoms with van der Waals surface area (Å²) in [7, 11) is 1.61. The minimum absolute atomic E-state index is 0.00461. The number of para-hydroxylation sites is 1. The highest BCUT2D eigenvalue weighted by atomic mass is 16.5. The van der Waals surface area contributed by atoms with E-state index in [1.54, 1.807) is 7.11 Å². The van der Waals surface area contributed by atoms with Crippen LogP contribution in [0.5, 0.6) is 0 Å². The van der Waals surface area contributed by atoms with Crippen LogP contribution in [0.3, 0.4) is 0 Å². The lowest BCUT2D eigenvalue weighted by atomic mass is 10.0. The number of carbonyl (C=O) groups is 2. The molecule has 7 heteroatoms. The molecule has 3 aromatic rings. The maximum atomic E-state index is 13.5. The van der Waals surface area contributed by atoms with Gasteiger partial charge < -0.3 is 15.0 Å². The van der Waals surface area contributed by atoms with E-state index in [2.05, 4.69) is 10.2 Å². The van der Waals surface area contributed by atoms with Crippen LogP contribution in [0.25, 0.3) is 22.2 Å². The molecule has 0 spiro atoms. The van der Waals surface area contributed by atoms with Crippen LogP contribution in [0, 0.1) is 0 Å². The maximum absolute atomic E-state index is 13.5. The third-order valence-electron chi connectivity index (χ3n) is 5.67. The van der Waals surface area contributed by atoms with E-state index < -0.39 is 0 Å². The van der Waals surface area contributed by atoms with Crippen molar-refractivity contribution in [3.63, 3.8) is 0 Å². The molecule has 7 nitrogen and oxygen atoms in total. The van der Waals surface area contributed by atoms with E-state index in [0.29, 0.717) is 51.4 Å². The Morgan fingerprint density at radius 3 is 2.47 bits per heavy atom. The highest BCUT2D eigenvalue weighted by Gasteiger charge is 2.25. The maximum Gasteiger partial charge on any atom is 0.254 e. The van der Waals surface area contributed by atoms with Crippen molar-refractivity contribution in [1.82, 2.24) is 20.1 Å². The van der Waals surface area contributed by atoms with Crippen LogP contribution in [-0.4, -0.2) is 79.6 Å². The first-order valence-corrected chi connectivity index (χ1v) is 10.9. The molecule has 0 unspecified atom stereocenters. The number of rotatable bonds is 7. The number of hydrogen-bond acceptors (Lipinski definition) is 5. The van der Waals surface area contributed by atoms with Gasteiger partial charge in [-0.25, -0.2) is 4.98 Å². The molecule has 0 radical (unpaired) electrons. The number of ether oxygens (including phenoxy) is 1. The molecule has 32 heavy (non-hydrogen) atoms. The van der Waals surface area contributed by atoms with E-state index in [4.69, 9.17) is 9.72 Å². The Morgan fingerprint density at radius 1 is 1.00 bits per heavy atom. The summed E-state index contributed by atoms with van der Waals surface area (Å²) in [5.41, 5.74) is 3.25. The molecule has 2 heterocycles. The molecule has 1 N–H and O–H groups in total. The van der Waals surface area contributed by atoms with Gasteiger partial charge in [0.05, 0.1) is 29.9 Å². The Labute approximate surface area is 188 Å². The van der Waals surface area contributed by atoms with Crippen LogP contribution in [0.4, 0.5) is 0 Å². The molecule has 1 saturated heterocycles. The molecule has 1 fully saturated rings. The number of fused-ring (bicyclic) bond motifs is 1. The average Bonchev–Trinajstić information content (AvgIpc) is 2.84. The normalized spacial score (nSPS) is 14.5. The summed E-state index contributed by atoms with van der Waals surface area (Å²) in [6.45, 7) is 3.84. The van der Waals surface area contributed by atoms with Crippen molar-refractivity contribution in [3.8, 4) is 11.3 Å². The summed E-state index contributed by atoms with van der Waals surface area (Å²) >= 11 is 0. The van der Waals surface area contributed by atoms with Gasteiger partial charge in [-0.05, 0) is 12.1 Å². The van der Waals surface area contributed by atoms with E-state index >= 15 is 0 Å². The van der Waals surface area contributed by atoms with Crippen LogP contribution < -0.4 is 5.32 Å². The number of piperazine rings is 1. The fourth-order valence-electron chi connectivity index (χ4n) is 3.94. The summed E-state index contributed by atoms with van der Waals surface area (Å²) in [5.74, 6) is -0.0144. The van der Waals surface area contributed by atoms with Crippen LogP contribution in [0.2, 0.25) is 0 Å². The molecule has 0 bridgehead atoms. The van der Waals surface area contributed by atoms with E-state index in [-0.39, 0.29) is 11.8 Å². The van der Waals surface area contributed by atoms with E-state index in [0.717, 1.165) is 22.2 Å². The van der Waals surface area contributed by atoms with E-state index in [1.165, 1.54) is 0 Å². The zero-order valence-electron chi connectivity index (χ0n) is 18.3. The third kappa shape index (κ3) is 5.12. The van der Waals surface area contributed by atoms with Gasteiger partial charge in [-0.2, -0.15) is 0 Å². The number of amides is 2. The minimum atomic E-state index is -0.0190. The Morgan fingerprint density at radius 2 is 1.72 bits per heavy atom. The van der Waals surface area contributed by atoms with Gasteiger partial charge in [0, 0.05) is 50.8 Å². The molecule has 1 aliphatic rings. The number of carbonyl (C=O) groups excluding carboxylic acids is 2. The molecule has 1 aromatic heterocycles. The number of aromatic nitrogens is 1. The van der Waals surface area contributed by atoms with Gasteiger partial charge in [0.25, 0.3) is 5.91 Å². The smallest absolute Gasteiger partial charge is 0.254 e. The molecule has 0 atom stereocenters. The third-order valence-corrected chi connectivity index (χ3v) is 5.67. The lowest BCUT2D eigenvalue weighted by Gasteiger charge is -2.34. The lowest BCUT2D eigenvalue weighted by molar-refractivity contribution is -0.122. The van der Waals surface area contributed by atoms with Crippen LogP contribution in [0.15, 0.2) is 60.7 Å². The number of hydrogen-bond donors (Lipinski definition) is 1. The van der Waals surface area contributed by atoms with E-state index in [9.17, 15) is 9.59 Å². The molecule has 0 aliphatic carbocycles. The standard InChI is InChI=1S/C25H28N4O3/c1-32-16-11-26-24(30)18-28-12-14-29(15-13-28)25(31)21-17-23(19-7-3-2-4-8-19)27-22-10-6-5-9-20(21)22/h2-10,17H,11-16,18H2,1H3,(H,26,30). The highest BCUT2D eigenvalue weighted by Crippen LogP contribution is 2.26. The molecule has 2 amide bonds. The molecule has 2 aromatic carbocycles. The Hall–Kier alpha value is -3.29. The Balaban J connectivity index is 1.48. The molecule has 166 valence electrons. The van der Waals surface area contributed by atoms with Crippen LogP contribution in [-0.2, 0) is 9.53 Å². The molecular weight excluding hydrogens is 404 g/mol. The van der Waals surface area contributed by atoms with Crippen molar-refractivity contribution in [2.45, 2.75) is 0 Å². The van der Waals surface area contributed by atoms with Gasteiger partial charge in [-0.15, -0.1) is 0 Å². The summed E-state index contributed by atoms with van der Waals surface area (Å²) in [4.78, 5) is 34.3. The first-order valence-electron chi connectivity index (χ1n) is 10.9. The van der Waals surface area contributed by atoms with E-state index in [1.807, 2.05) is 65.6 Å². The Kier molecular flexibility index (Phi) is 7.09. The summed E-state index contributed by atoms with van der Waals surface area (Å²) < 4.78 is 4.95. The van der Waals surface area contributed by atoms with Gasteiger partial charge in [0.15, 0.2) is 0 Å². The topological polar surface area (TPSA) is 74.8 Å². The lowest BCUT2D eigenvalue weighted by Crippen LogP contribution is -2.51. The first-order chi connectivity index (χ1) is 15.7. The highest BCUT2D eigenvalue weighted by molar-refractivity contribution is 6.07. The quantitative estimate of drug-likeness (QED) is 0.581. The van der Waals surface area contributed by atoms with Crippen molar-refractivity contribution in [1.29, 1.82) is 0 Å². The summed E-state index contributed by atoms with van der Waals surface area (Å²) in [6, 6.07) is 19.6. The fourth-order valence-corrected chi connectivity index (χ4v) is 3.94. The number of pyridine rings is 1. The van der Waals surface area contributed by atoms with Gasteiger partial charge in [0.1, 0.15) is 0 Å².